The van der Waals surface area contributed by atoms with E-state index < -0.39 is 24.1 Å². The zero-order valence-corrected chi connectivity index (χ0v) is 22.4. The van der Waals surface area contributed by atoms with Crippen LogP contribution in [0.2, 0.25) is 0 Å². The van der Waals surface area contributed by atoms with E-state index in [4.69, 9.17) is 19.9 Å². The van der Waals surface area contributed by atoms with Crippen molar-refractivity contribution in [3.8, 4) is 22.2 Å². The maximum Gasteiger partial charge on any atom is 0.412 e. The lowest BCUT2D eigenvalue weighted by Gasteiger charge is -2.22. The third kappa shape index (κ3) is 5.65. The van der Waals surface area contributed by atoms with E-state index in [1.54, 1.807) is 38.2 Å². The maximum absolute atomic E-state index is 15.0. The van der Waals surface area contributed by atoms with Gasteiger partial charge in [0, 0.05) is 17.7 Å². The molecule has 2 aromatic carbocycles. The smallest absolute Gasteiger partial charge is 0.412 e. The molecule has 3 heterocycles. The topological polar surface area (TPSA) is 134 Å². The molecule has 0 spiro atoms. The highest BCUT2D eigenvalue weighted by Gasteiger charge is 2.22. The molecule has 0 saturated carbocycles. The first-order valence-electron chi connectivity index (χ1n) is 12.0. The van der Waals surface area contributed by atoms with E-state index in [1.807, 2.05) is 19.1 Å². The molecule has 3 aromatic heterocycles. The number of nitrogen functional groups attached to an aromatic ring is 1. The number of rotatable bonds is 7. The fraction of sp³-hybridized carbons (Fsp3) is 0.222. The summed E-state index contributed by atoms with van der Waals surface area (Å²) in [6.07, 6.45) is 0.938. The third-order valence-electron chi connectivity index (χ3n) is 5.95. The molecule has 3 N–H and O–H groups in total. The summed E-state index contributed by atoms with van der Waals surface area (Å²) in [5.74, 6) is 0.203. The molecule has 1 amide bonds. The van der Waals surface area contributed by atoms with E-state index in [2.05, 4.69) is 25.3 Å². The Bertz CT molecular complexity index is 1680. The second kappa shape index (κ2) is 10.7. The number of carbonyl (C=O) groups excluding carboxylic acids is 1. The quantitative estimate of drug-likeness (QED) is 0.261. The van der Waals surface area contributed by atoms with Gasteiger partial charge in [0.15, 0.2) is 11.6 Å². The summed E-state index contributed by atoms with van der Waals surface area (Å²) in [6, 6.07) is 9.98. The van der Waals surface area contributed by atoms with Crippen LogP contribution in [0.3, 0.4) is 0 Å². The molecule has 0 aliphatic heterocycles. The number of aromatic nitrogens is 4. The van der Waals surface area contributed by atoms with Gasteiger partial charge in [0.05, 0.1) is 46.4 Å². The van der Waals surface area contributed by atoms with Crippen LogP contribution in [0, 0.1) is 12.7 Å². The summed E-state index contributed by atoms with van der Waals surface area (Å²) in [5.41, 5.74) is 9.60. The molecular weight excluding hydrogens is 523 g/mol. The number of amides is 1. The minimum atomic E-state index is -0.696. The summed E-state index contributed by atoms with van der Waals surface area (Å²) in [6.45, 7) is 5.31. The van der Waals surface area contributed by atoms with Crippen LogP contribution in [0.1, 0.15) is 19.4 Å². The molecule has 200 valence electrons. The maximum atomic E-state index is 15.0. The van der Waals surface area contributed by atoms with Crippen molar-refractivity contribution in [2.45, 2.75) is 33.0 Å². The van der Waals surface area contributed by atoms with Gasteiger partial charge in [-0.05, 0) is 50.6 Å². The van der Waals surface area contributed by atoms with Crippen molar-refractivity contribution in [1.29, 1.82) is 0 Å². The van der Waals surface area contributed by atoms with Crippen molar-refractivity contribution in [2.24, 2.45) is 0 Å². The van der Waals surface area contributed by atoms with Crippen molar-refractivity contribution < 1.29 is 23.4 Å². The number of hydrogen-bond donors (Lipinski definition) is 2. The van der Waals surface area contributed by atoms with Crippen LogP contribution in [0.4, 0.5) is 20.7 Å². The number of halogens is 1. The van der Waals surface area contributed by atoms with E-state index in [1.165, 1.54) is 30.7 Å². The van der Waals surface area contributed by atoms with E-state index in [9.17, 15) is 4.79 Å². The van der Waals surface area contributed by atoms with Crippen LogP contribution in [-0.4, -0.2) is 45.3 Å². The first-order valence-corrected chi connectivity index (χ1v) is 12.8. The highest BCUT2D eigenvalue weighted by atomic mass is 32.1. The average Bonchev–Trinajstić information content (AvgIpc) is 3.31. The number of nitrogens with zero attached hydrogens (tertiary/aromatic N) is 4. The molecule has 5 aromatic rings. The summed E-state index contributed by atoms with van der Waals surface area (Å²) >= 11 is 1.39. The normalized spacial score (nSPS) is 12.7. The molecular formula is C27H25FN6O4S. The SMILES string of the molecule is COc1cnc2c(-c3nc4cc(F)c(O[C@@H](C)[C@@H](C)OC(=O)Nc5ccc(N)nc5)cc4s3)cc(C)cc2n1. The highest BCUT2D eigenvalue weighted by molar-refractivity contribution is 7.21. The number of ether oxygens (including phenoxy) is 3. The molecule has 10 nitrogen and oxygen atoms in total. The van der Waals surface area contributed by atoms with Crippen molar-refractivity contribution >= 4 is 50.2 Å². The monoisotopic (exact) mass is 548 g/mol. The molecule has 0 radical (unpaired) electrons. The number of carbonyl (C=O) groups is 1. The predicted molar refractivity (Wildman–Crippen MR) is 148 cm³/mol. The van der Waals surface area contributed by atoms with Crippen LogP contribution in [0.5, 0.6) is 11.6 Å². The molecule has 0 aliphatic carbocycles. The van der Waals surface area contributed by atoms with Gasteiger partial charge in [-0.3, -0.25) is 5.32 Å². The zero-order valence-electron chi connectivity index (χ0n) is 21.6. The third-order valence-corrected chi connectivity index (χ3v) is 7.00. The van der Waals surface area contributed by atoms with Gasteiger partial charge in [-0.25, -0.2) is 29.1 Å². The fourth-order valence-electron chi connectivity index (χ4n) is 3.83. The lowest BCUT2D eigenvalue weighted by Crippen LogP contribution is -2.32. The number of fused-ring (bicyclic) bond motifs is 2. The van der Waals surface area contributed by atoms with Gasteiger partial charge in [0.2, 0.25) is 5.88 Å². The lowest BCUT2D eigenvalue weighted by atomic mass is 10.1. The Balaban J connectivity index is 1.34. The van der Waals surface area contributed by atoms with Gasteiger partial charge < -0.3 is 19.9 Å². The van der Waals surface area contributed by atoms with Crippen LogP contribution < -0.4 is 20.5 Å². The molecule has 0 aliphatic rings. The van der Waals surface area contributed by atoms with E-state index >= 15 is 4.39 Å². The van der Waals surface area contributed by atoms with E-state index in [0.717, 1.165) is 15.8 Å². The van der Waals surface area contributed by atoms with Crippen molar-refractivity contribution in [3.63, 3.8) is 0 Å². The van der Waals surface area contributed by atoms with E-state index in [-0.39, 0.29) is 5.75 Å². The summed E-state index contributed by atoms with van der Waals surface area (Å²) < 4.78 is 32.2. The molecule has 0 saturated heterocycles. The second-order valence-corrected chi connectivity index (χ2v) is 9.92. The van der Waals surface area contributed by atoms with Gasteiger partial charge in [-0.2, -0.15) is 0 Å². The van der Waals surface area contributed by atoms with Crippen molar-refractivity contribution in [3.05, 3.63) is 60.2 Å². The minimum Gasteiger partial charge on any atom is -0.484 e. The average molecular weight is 549 g/mol. The Morgan fingerprint density at radius 2 is 1.87 bits per heavy atom. The molecule has 5 rings (SSSR count). The number of benzene rings is 2. The Morgan fingerprint density at radius 1 is 1.05 bits per heavy atom. The predicted octanol–water partition coefficient (Wildman–Crippen LogP) is 5.74. The van der Waals surface area contributed by atoms with E-state index in [0.29, 0.717) is 38.9 Å². The van der Waals surface area contributed by atoms with Gasteiger partial charge >= 0.3 is 6.09 Å². The largest absolute Gasteiger partial charge is 0.484 e. The van der Waals surface area contributed by atoms with Crippen molar-refractivity contribution in [2.75, 3.05) is 18.2 Å². The number of pyridine rings is 1. The van der Waals surface area contributed by atoms with Crippen LogP contribution in [0.25, 0.3) is 31.8 Å². The zero-order chi connectivity index (χ0) is 27.7. The number of methoxy groups -OCH3 is 1. The Kier molecular flexibility index (Phi) is 7.11. The second-order valence-electron chi connectivity index (χ2n) is 8.89. The fourth-order valence-corrected chi connectivity index (χ4v) is 4.82. The minimum absolute atomic E-state index is 0.0300. The number of anilines is 2. The summed E-state index contributed by atoms with van der Waals surface area (Å²) in [7, 11) is 1.54. The lowest BCUT2D eigenvalue weighted by molar-refractivity contribution is 0.0402. The van der Waals surface area contributed by atoms with Crippen LogP contribution in [0.15, 0.2) is 48.8 Å². The molecule has 0 unspecified atom stereocenters. The molecule has 0 fully saturated rings. The standard InChI is InChI=1S/C27H25FN6O4S/c1-13-7-17(25-20(8-13)33-24(36-4)12-31-25)26-34-19-9-18(28)21(10-22(19)39-26)37-14(2)15(3)38-27(35)32-16-5-6-23(29)30-11-16/h5-12,14-15H,1-4H3,(H2,29,30)(H,32,35)/t14-,15+/m0/s1. The number of hydrogen-bond acceptors (Lipinski definition) is 10. The number of nitrogens with one attached hydrogen (secondary N) is 1. The van der Waals surface area contributed by atoms with Gasteiger partial charge in [0.1, 0.15) is 23.0 Å². The molecule has 2 atom stereocenters. The van der Waals surface area contributed by atoms with Gasteiger partial charge in [-0.1, -0.05) is 0 Å². The first kappa shape index (κ1) is 26.0. The van der Waals surface area contributed by atoms with Gasteiger partial charge in [-0.15, -0.1) is 11.3 Å². The van der Waals surface area contributed by atoms with Crippen molar-refractivity contribution in [1.82, 2.24) is 19.9 Å². The van der Waals surface area contributed by atoms with Crippen LogP contribution in [-0.2, 0) is 4.74 Å². The molecule has 39 heavy (non-hydrogen) atoms. The summed E-state index contributed by atoms with van der Waals surface area (Å²) in [5, 5.41) is 3.24. The van der Waals surface area contributed by atoms with Crippen LogP contribution >= 0.6 is 11.3 Å². The first-order chi connectivity index (χ1) is 18.7. The molecule has 0 bridgehead atoms. The number of aryl methyl sites for hydroxylation is 1. The Hall–Kier alpha value is -4.58. The highest BCUT2D eigenvalue weighted by Crippen LogP contribution is 2.37. The summed E-state index contributed by atoms with van der Waals surface area (Å²) in [4.78, 5) is 29.8. The van der Waals surface area contributed by atoms with Gasteiger partial charge in [0.25, 0.3) is 0 Å². The Labute approximate surface area is 227 Å². The number of thiazole rings is 1. The Morgan fingerprint density at radius 3 is 2.62 bits per heavy atom. The number of nitrogens with two attached hydrogens (primary N) is 1. The molecule has 12 heteroatoms.